The van der Waals surface area contributed by atoms with Crippen molar-refractivity contribution in [3.63, 3.8) is 0 Å². The van der Waals surface area contributed by atoms with Crippen LogP contribution in [0.15, 0.2) is 0 Å². The Morgan fingerprint density at radius 1 is 1.48 bits per heavy atom. The summed E-state index contributed by atoms with van der Waals surface area (Å²) in [6.45, 7) is 0.991. The van der Waals surface area contributed by atoms with Crippen molar-refractivity contribution in [1.29, 1.82) is 0 Å². The smallest absolute Gasteiger partial charge is 0.327 e. The molecule has 2 aliphatic rings. The number of carbonyl (C=O) groups excluding carboxylic acids is 1. The highest BCUT2D eigenvalue weighted by Gasteiger charge is 2.60. The summed E-state index contributed by atoms with van der Waals surface area (Å²) in [6.07, 6.45) is -3.00. The molecule has 0 saturated carbocycles. The normalized spacial score (nSPS) is 23.9. The Balaban J connectivity index is 2.07. The lowest BCUT2D eigenvalue weighted by Crippen LogP contribution is -2.29. The third-order valence-corrected chi connectivity index (χ3v) is 3.55. The highest BCUT2D eigenvalue weighted by Crippen LogP contribution is 2.57. The first kappa shape index (κ1) is 13.9. The van der Waals surface area contributed by atoms with E-state index in [0.29, 0.717) is 4.68 Å². The molecule has 0 amide bonds. The van der Waals surface area contributed by atoms with Gasteiger partial charge in [-0.3, -0.25) is 9.48 Å². The molecule has 0 fully saturated rings. The number of nitrogens with zero attached hydrogens (tertiary/aromatic N) is 2. The summed E-state index contributed by atoms with van der Waals surface area (Å²) in [5.74, 6) is -1.67. The van der Waals surface area contributed by atoms with E-state index in [4.69, 9.17) is 0 Å². The number of ether oxygens (including phenoxy) is 1. The van der Waals surface area contributed by atoms with Gasteiger partial charge in [0.25, 0.3) is 6.43 Å². The van der Waals surface area contributed by atoms with Gasteiger partial charge in [0.2, 0.25) is 0 Å². The molecule has 2 aliphatic carbocycles. The molecule has 0 bridgehead atoms. The van der Waals surface area contributed by atoms with Crippen molar-refractivity contribution in [3.8, 4) is 11.8 Å². The SMILES string of the molecule is CCOC(=O)Cn1nc(C(F)F)c2c1C(F)(F)[C@@H]1C#C[C@H]21. The van der Waals surface area contributed by atoms with Gasteiger partial charge in [0.15, 0.2) is 0 Å². The van der Waals surface area contributed by atoms with E-state index in [0.717, 1.165) is 0 Å². The number of alkyl halides is 4. The van der Waals surface area contributed by atoms with E-state index in [-0.39, 0.29) is 12.2 Å². The van der Waals surface area contributed by atoms with Gasteiger partial charge in [-0.1, -0.05) is 11.8 Å². The number of rotatable bonds is 4. The molecule has 3 rings (SSSR count). The first-order valence-electron chi connectivity index (χ1n) is 6.31. The number of hydrogen-bond donors (Lipinski definition) is 0. The minimum Gasteiger partial charge on any atom is -0.465 e. The van der Waals surface area contributed by atoms with Gasteiger partial charge in [0.05, 0.1) is 12.5 Å². The summed E-state index contributed by atoms with van der Waals surface area (Å²) < 4.78 is 59.8. The standard InChI is InChI=1S/C13H10F4N2O2/c1-2-21-8(20)5-19-11-9(10(18-19)12(14)15)6-3-4-7(6)13(11,16)17/h6-7,12H,2,5H2,1H3/t6-,7+/m0/s1. The molecule has 0 aromatic carbocycles. The monoisotopic (exact) mass is 302 g/mol. The number of carbonyl (C=O) groups is 1. The van der Waals surface area contributed by atoms with Crippen LogP contribution in [0, 0.1) is 17.8 Å². The fraction of sp³-hybridized carbons (Fsp3) is 0.538. The van der Waals surface area contributed by atoms with Gasteiger partial charge in [-0.25, -0.2) is 8.78 Å². The molecule has 8 heteroatoms. The van der Waals surface area contributed by atoms with Crippen LogP contribution in [-0.4, -0.2) is 22.4 Å². The van der Waals surface area contributed by atoms with Crippen molar-refractivity contribution in [2.45, 2.75) is 31.7 Å². The molecule has 0 unspecified atom stereocenters. The van der Waals surface area contributed by atoms with Gasteiger partial charge < -0.3 is 4.74 Å². The molecule has 0 spiro atoms. The first-order chi connectivity index (χ1) is 9.87. The lowest BCUT2D eigenvalue weighted by atomic mass is 9.84. The topological polar surface area (TPSA) is 44.1 Å². The van der Waals surface area contributed by atoms with Crippen LogP contribution < -0.4 is 0 Å². The average Bonchev–Trinajstić information content (AvgIpc) is 2.73. The number of fused-ring (bicyclic) bond motifs is 3. The van der Waals surface area contributed by atoms with Crippen molar-refractivity contribution in [2.75, 3.05) is 6.61 Å². The Bertz CT molecular complexity index is 672. The van der Waals surface area contributed by atoms with E-state index >= 15 is 0 Å². The maximum Gasteiger partial charge on any atom is 0.327 e. The van der Waals surface area contributed by atoms with Crippen molar-refractivity contribution in [3.05, 3.63) is 17.0 Å². The quantitative estimate of drug-likeness (QED) is 0.486. The van der Waals surface area contributed by atoms with Crippen LogP contribution in [0.3, 0.4) is 0 Å². The molecular weight excluding hydrogens is 292 g/mol. The third kappa shape index (κ3) is 1.83. The lowest BCUT2D eigenvalue weighted by molar-refractivity contribution is -0.144. The zero-order chi connectivity index (χ0) is 15.4. The van der Waals surface area contributed by atoms with Gasteiger partial charge in [-0.05, 0) is 6.92 Å². The molecule has 1 aromatic rings. The van der Waals surface area contributed by atoms with E-state index in [1.54, 1.807) is 6.92 Å². The molecule has 0 aliphatic heterocycles. The zero-order valence-electron chi connectivity index (χ0n) is 10.9. The lowest BCUT2D eigenvalue weighted by Gasteiger charge is -2.23. The molecule has 21 heavy (non-hydrogen) atoms. The number of esters is 1. The largest absolute Gasteiger partial charge is 0.465 e. The molecule has 4 nitrogen and oxygen atoms in total. The van der Waals surface area contributed by atoms with Crippen LogP contribution in [0.4, 0.5) is 17.6 Å². The Morgan fingerprint density at radius 2 is 2.19 bits per heavy atom. The Labute approximate surface area is 117 Å². The van der Waals surface area contributed by atoms with Gasteiger partial charge >= 0.3 is 11.9 Å². The summed E-state index contributed by atoms with van der Waals surface area (Å²) in [5, 5.41) is 3.49. The number of hydrogen-bond acceptors (Lipinski definition) is 3. The highest BCUT2D eigenvalue weighted by molar-refractivity contribution is 5.69. The van der Waals surface area contributed by atoms with Crippen molar-refractivity contribution >= 4 is 5.97 Å². The summed E-state index contributed by atoms with van der Waals surface area (Å²) in [6, 6.07) is 0. The summed E-state index contributed by atoms with van der Waals surface area (Å²) >= 11 is 0. The summed E-state index contributed by atoms with van der Waals surface area (Å²) in [5.41, 5.74) is -1.61. The van der Waals surface area contributed by atoms with E-state index in [1.165, 1.54) is 0 Å². The number of aromatic nitrogens is 2. The van der Waals surface area contributed by atoms with Crippen LogP contribution in [0.25, 0.3) is 0 Å². The molecule has 0 saturated heterocycles. The second-order valence-corrected chi connectivity index (χ2v) is 4.78. The second-order valence-electron chi connectivity index (χ2n) is 4.78. The molecule has 1 aromatic heterocycles. The molecular formula is C13H10F4N2O2. The second kappa shape index (κ2) is 4.48. The fourth-order valence-corrected chi connectivity index (χ4v) is 2.69. The van der Waals surface area contributed by atoms with E-state index in [9.17, 15) is 22.4 Å². The van der Waals surface area contributed by atoms with E-state index < -0.39 is 48.1 Å². The van der Waals surface area contributed by atoms with Crippen LogP contribution in [0.5, 0.6) is 0 Å². The van der Waals surface area contributed by atoms with Gasteiger partial charge in [-0.2, -0.15) is 13.9 Å². The van der Waals surface area contributed by atoms with Gasteiger partial charge in [0, 0.05) is 5.56 Å². The van der Waals surface area contributed by atoms with Crippen molar-refractivity contribution in [1.82, 2.24) is 9.78 Å². The van der Waals surface area contributed by atoms with Crippen molar-refractivity contribution in [2.24, 2.45) is 5.92 Å². The maximum absolute atomic E-state index is 14.2. The zero-order valence-corrected chi connectivity index (χ0v) is 10.9. The van der Waals surface area contributed by atoms with E-state index in [2.05, 4.69) is 21.7 Å². The van der Waals surface area contributed by atoms with Crippen molar-refractivity contribution < 1.29 is 27.1 Å². The molecule has 2 atom stereocenters. The minimum absolute atomic E-state index is 0.0642. The highest BCUT2D eigenvalue weighted by atomic mass is 19.3. The molecule has 0 N–H and O–H groups in total. The fourth-order valence-electron chi connectivity index (χ4n) is 2.69. The number of halogens is 4. The van der Waals surface area contributed by atoms with Gasteiger partial charge in [0.1, 0.15) is 23.9 Å². The Hall–Kier alpha value is -2.04. The van der Waals surface area contributed by atoms with Crippen LogP contribution in [0.1, 0.15) is 36.2 Å². The maximum atomic E-state index is 14.2. The van der Waals surface area contributed by atoms with E-state index in [1.807, 2.05) is 0 Å². The first-order valence-corrected chi connectivity index (χ1v) is 6.31. The predicted molar refractivity (Wildman–Crippen MR) is 61.7 cm³/mol. The molecule has 1 heterocycles. The Kier molecular flexibility index (Phi) is 2.97. The molecule has 112 valence electrons. The van der Waals surface area contributed by atoms with Gasteiger partial charge in [-0.15, -0.1) is 0 Å². The third-order valence-electron chi connectivity index (χ3n) is 3.55. The predicted octanol–water partition coefficient (Wildman–Crippen LogP) is 2.21. The van der Waals surface area contributed by atoms with Crippen LogP contribution >= 0.6 is 0 Å². The summed E-state index contributed by atoms with van der Waals surface area (Å²) in [7, 11) is 0. The van der Waals surface area contributed by atoms with Crippen LogP contribution in [0.2, 0.25) is 0 Å². The Morgan fingerprint density at radius 3 is 2.71 bits per heavy atom. The minimum atomic E-state index is -3.39. The average molecular weight is 302 g/mol. The summed E-state index contributed by atoms with van der Waals surface area (Å²) in [4.78, 5) is 11.4. The molecule has 0 radical (unpaired) electrons. The van der Waals surface area contributed by atoms with Crippen LogP contribution in [-0.2, 0) is 22.0 Å².